The van der Waals surface area contributed by atoms with Gasteiger partial charge in [0.1, 0.15) is 0 Å². The number of aromatic nitrogens is 1. The van der Waals surface area contributed by atoms with E-state index in [9.17, 15) is 14.7 Å². The first-order valence-electron chi connectivity index (χ1n) is 9.95. The predicted octanol–water partition coefficient (Wildman–Crippen LogP) is 5.29. The van der Waals surface area contributed by atoms with Crippen molar-refractivity contribution in [3.63, 3.8) is 0 Å². The molecule has 1 aromatic heterocycles. The summed E-state index contributed by atoms with van der Waals surface area (Å²) in [6.07, 6.45) is 3.00. The molecule has 0 unspecified atom stereocenters. The minimum Gasteiger partial charge on any atom is -0.481 e. The Balaban J connectivity index is 0.000000474. The van der Waals surface area contributed by atoms with Crippen LogP contribution in [0.15, 0.2) is 24.3 Å². The molecule has 0 amide bonds. The van der Waals surface area contributed by atoms with Gasteiger partial charge in [-0.25, -0.2) is 9.78 Å². The molecule has 0 atom stereocenters. The number of benzene rings is 1. The van der Waals surface area contributed by atoms with Crippen molar-refractivity contribution in [2.24, 2.45) is 0 Å². The second kappa shape index (κ2) is 11.1. The highest BCUT2D eigenvalue weighted by atomic mass is 35.5. The molecule has 164 valence electrons. The number of carbonyl (C=O) groups is 2. The lowest BCUT2D eigenvalue weighted by atomic mass is 9.82. The SMILES string of the molecule is CC.CC1(O)CCC1.Cc1nc(C(=O)O)c(C)c(-c2ccc(Cl)cc2)c1CC(=O)O. The average Bonchev–Trinajstić information content (AvgIpc) is 2.66. The molecule has 3 rings (SSSR count). The van der Waals surface area contributed by atoms with Crippen LogP contribution < -0.4 is 0 Å². The topological polar surface area (TPSA) is 108 Å². The molecule has 1 aliphatic carbocycles. The fraction of sp³-hybridized carbons (Fsp3) is 0.435. The lowest BCUT2D eigenvalue weighted by Crippen LogP contribution is -2.32. The van der Waals surface area contributed by atoms with Gasteiger partial charge in [0.2, 0.25) is 0 Å². The summed E-state index contributed by atoms with van der Waals surface area (Å²) in [7, 11) is 0. The lowest BCUT2D eigenvalue weighted by molar-refractivity contribution is -0.136. The number of carboxylic acids is 2. The average molecular weight is 436 g/mol. The zero-order chi connectivity index (χ0) is 23.1. The Labute approximate surface area is 182 Å². The number of hydrogen-bond donors (Lipinski definition) is 3. The van der Waals surface area contributed by atoms with Crippen molar-refractivity contribution in [3.05, 3.63) is 51.8 Å². The third-order valence-corrected chi connectivity index (χ3v) is 5.09. The summed E-state index contributed by atoms with van der Waals surface area (Å²) in [4.78, 5) is 26.5. The fourth-order valence-corrected chi connectivity index (χ4v) is 3.24. The van der Waals surface area contributed by atoms with Crippen LogP contribution >= 0.6 is 11.6 Å². The lowest BCUT2D eigenvalue weighted by Gasteiger charge is -2.31. The quantitative estimate of drug-likeness (QED) is 0.602. The molecule has 1 saturated carbocycles. The number of hydrogen-bond acceptors (Lipinski definition) is 4. The molecule has 0 spiro atoms. The molecule has 0 radical (unpaired) electrons. The minimum atomic E-state index is -1.14. The van der Waals surface area contributed by atoms with Gasteiger partial charge in [-0.1, -0.05) is 37.6 Å². The van der Waals surface area contributed by atoms with Gasteiger partial charge in [-0.15, -0.1) is 0 Å². The van der Waals surface area contributed by atoms with E-state index >= 15 is 0 Å². The van der Waals surface area contributed by atoms with Crippen molar-refractivity contribution in [1.82, 2.24) is 4.98 Å². The maximum atomic E-state index is 11.3. The summed E-state index contributed by atoms with van der Waals surface area (Å²) in [6, 6.07) is 6.83. The van der Waals surface area contributed by atoms with Crippen LogP contribution in [-0.4, -0.2) is 37.8 Å². The predicted molar refractivity (Wildman–Crippen MR) is 118 cm³/mol. The van der Waals surface area contributed by atoms with Gasteiger partial charge >= 0.3 is 11.9 Å². The Kier molecular flexibility index (Phi) is 9.46. The van der Waals surface area contributed by atoms with Crippen LogP contribution in [0, 0.1) is 13.8 Å². The molecule has 0 saturated heterocycles. The van der Waals surface area contributed by atoms with Crippen molar-refractivity contribution >= 4 is 23.5 Å². The summed E-state index contributed by atoms with van der Waals surface area (Å²) in [5.74, 6) is -2.14. The molecule has 1 heterocycles. The number of pyridine rings is 1. The van der Waals surface area contributed by atoms with E-state index in [1.807, 2.05) is 20.8 Å². The largest absolute Gasteiger partial charge is 0.481 e. The maximum absolute atomic E-state index is 11.3. The van der Waals surface area contributed by atoms with Crippen molar-refractivity contribution in [2.75, 3.05) is 0 Å². The molecule has 6 nitrogen and oxygen atoms in total. The van der Waals surface area contributed by atoms with Gasteiger partial charge in [0, 0.05) is 10.7 Å². The molecule has 1 aromatic carbocycles. The molecular weight excluding hydrogens is 406 g/mol. The van der Waals surface area contributed by atoms with Gasteiger partial charge in [-0.05, 0) is 74.4 Å². The number of rotatable bonds is 4. The summed E-state index contributed by atoms with van der Waals surface area (Å²) < 4.78 is 0. The summed E-state index contributed by atoms with van der Waals surface area (Å²) >= 11 is 5.88. The smallest absolute Gasteiger partial charge is 0.354 e. The van der Waals surface area contributed by atoms with Gasteiger partial charge in [-0.3, -0.25) is 4.79 Å². The zero-order valence-corrected chi connectivity index (χ0v) is 18.9. The van der Waals surface area contributed by atoms with E-state index in [4.69, 9.17) is 21.8 Å². The molecule has 2 aromatic rings. The number of carboxylic acid groups (broad SMARTS) is 2. The number of nitrogens with zero attached hydrogens (tertiary/aromatic N) is 1. The van der Waals surface area contributed by atoms with Crippen LogP contribution in [0.4, 0.5) is 0 Å². The van der Waals surface area contributed by atoms with E-state index in [-0.39, 0.29) is 17.7 Å². The van der Waals surface area contributed by atoms with Crippen LogP contribution in [0.5, 0.6) is 0 Å². The van der Waals surface area contributed by atoms with Crippen molar-refractivity contribution in [2.45, 2.75) is 65.9 Å². The summed E-state index contributed by atoms with van der Waals surface area (Å²) in [6.45, 7) is 9.13. The van der Waals surface area contributed by atoms with Crippen LogP contribution in [0.25, 0.3) is 11.1 Å². The fourth-order valence-electron chi connectivity index (χ4n) is 3.12. The van der Waals surface area contributed by atoms with E-state index < -0.39 is 11.9 Å². The second-order valence-electron chi connectivity index (χ2n) is 7.26. The van der Waals surface area contributed by atoms with Crippen LogP contribution in [0.3, 0.4) is 0 Å². The van der Waals surface area contributed by atoms with Crippen molar-refractivity contribution in [1.29, 1.82) is 0 Å². The second-order valence-corrected chi connectivity index (χ2v) is 7.69. The Morgan fingerprint density at radius 1 is 1.10 bits per heavy atom. The first-order valence-corrected chi connectivity index (χ1v) is 10.3. The molecule has 1 fully saturated rings. The van der Waals surface area contributed by atoms with Gasteiger partial charge in [-0.2, -0.15) is 0 Å². The van der Waals surface area contributed by atoms with E-state index in [1.54, 1.807) is 38.1 Å². The first-order chi connectivity index (χ1) is 14.0. The van der Waals surface area contributed by atoms with E-state index in [2.05, 4.69) is 4.98 Å². The highest BCUT2D eigenvalue weighted by Gasteiger charge is 2.27. The van der Waals surface area contributed by atoms with Crippen molar-refractivity contribution < 1.29 is 24.9 Å². The van der Waals surface area contributed by atoms with E-state index in [1.165, 1.54) is 6.42 Å². The Bertz CT molecular complexity index is 885. The minimum absolute atomic E-state index is 0.0726. The Morgan fingerprint density at radius 3 is 1.97 bits per heavy atom. The van der Waals surface area contributed by atoms with Crippen LogP contribution in [-0.2, 0) is 11.2 Å². The molecule has 3 N–H and O–H groups in total. The monoisotopic (exact) mass is 435 g/mol. The Hall–Kier alpha value is -2.44. The van der Waals surface area contributed by atoms with Gasteiger partial charge in [0.25, 0.3) is 0 Å². The molecular formula is C23H30ClNO5. The summed E-state index contributed by atoms with van der Waals surface area (Å²) in [5.41, 5.74) is 2.30. The molecule has 1 aliphatic rings. The number of aliphatic hydroxyl groups is 1. The zero-order valence-electron chi connectivity index (χ0n) is 18.1. The standard InChI is InChI=1S/C16H14ClNO4.C5H10O.C2H6/c1-8-14(10-3-5-11(17)6-4-10)12(7-13(19)20)9(2)18-15(8)16(21)22;1-5(6)3-2-4-5;1-2/h3-6H,7H2,1-2H3,(H,19,20)(H,21,22);6H,2-4H2,1H3;1-2H3. The number of aryl methyl sites for hydroxylation is 1. The highest BCUT2D eigenvalue weighted by Crippen LogP contribution is 2.32. The third kappa shape index (κ3) is 6.82. The normalized spacial score (nSPS) is 13.7. The van der Waals surface area contributed by atoms with Crippen LogP contribution in [0.2, 0.25) is 5.02 Å². The van der Waals surface area contributed by atoms with E-state index in [0.717, 1.165) is 12.8 Å². The number of halogens is 1. The maximum Gasteiger partial charge on any atom is 0.354 e. The van der Waals surface area contributed by atoms with Crippen molar-refractivity contribution in [3.8, 4) is 11.1 Å². The van der Waals surface area contributed by atoms with Gasteiger partial charge < -0.3 is 15.3 Å². The molecule has 7 heteroatoms. The van der Waals surface area contributed by atoms with Crippen LogP contribution in [0.1, 0.15) is 67.3 Å². The highest BCUT2D eigenvalue weighted by molar-refractivity contribution is 6.30. The molecule has 0 bridgehead atoms. The number of aromatic carboxylic acids is 1. The van der Waals surface area contributed by atoms with Gasteiger partial charge in [0.15, 0.2) is 5.69 Å². The van der Waals surface area contributed by atoms with E-state index in [0.29, 0.717) is 33.0 Å². The molecule has 0 aliphatic heterocycles. The van der Waals surface area contributed by atoms with Gasteiger partial charge in [0.05, 0.1) is 12.0 Å². The number of aliphatic carboxylic acids is 1. The summed E-state index contributed by atoms with van der Waals surface area (Å²) in [5, 5.41) is 27.8. The molecule has 30 heavy (non-hydrogen) atoms. The Morgan fingerprint density at radius 2 is 1.60 bits per heavy atom. The first kappa shape index (κ1) is 25.6. The third-order valence-electron chi connectivity index (χ3n) is 4.84.